The number of H-pyrrole nitrogens is 1. The maximum Gasteiger partial charge on any atom is 0.262 e. The molecule has 1 heterocycles. The molecule has 0 radical (unpaired) electrons. The smallest absolute Gasteiger partial charge is 0.262 e. The molecule has 1 atom stereocenters. The molecule has 3 aromatic rings. The first kappa shape index (κ1) is 18.5. The van der Waals surface area contributed by atoms with Crippen molar-refractivity contribution in [3.63, 3.8) is 0 Å². The summed E-state index contributed by atoms with van der Waals surface area (Å²) in [6.45, 7) is 4.28. The van der Waals surface area contributed by atoms with E-state index in [0.717, 1.165) is 10.0 Å². The zero-order chi connectivity index (χ0) is 18.8. The van der Waals surface area contributed by atoms with Crippen LogP contribution in [0, 0.1) is 4.77 Å². The molecular formula is C19H18BrN3O2S. The zero-order valence-electron chi connectivity index (χ0n) is 14.4. The highest BCUT2D eigenvalue weighted by molar-refractivity contribution is 9.10. The first-order valence-corrected chi connectivity index (χ1v) is 9.44. The van der Waals surface area contributed by atoms with Crippen molar-refractivity contribution in [2.24, 2.45) is 0 Å². The standard InChI is InChI=1S/C19H18BrN3O2S/c1-3-23-18(25)15-8-7-13(10-16(15)22-19(23)26)17(24)21-11(2)12-5-4-6-14(20)9-12/h4-11H,3H2,1-2H3,(H,21,24)(H,22,26)/t11-/m1/s1. The van der Waals surface area contributed by atoms with Gasteiger partial charge >= 0.3 is 0 Å². The van der Waals surface area contributed by atoms with Gasteiger partial charge in [0, 0.05) is 16.6 Å². The summed E-state index contributed by atoms with van der Waals surface area (Å²) in [4.78, 5) is 28.1. The molecule has 0 aliphatic carbocycles. The quantitative estimate of drug-likeness (QED) is 0.603. The SMILES string of the molecule is CCn1c(=S)[nH]c2cc(C(=O)N[C@H](C)c3cccc(Br)c3)ccc2c1=O. The minimum absolute atomic E-state index is 0.151. The van der Waals surface area contributed by atoms with Crippen molar-refractivity contribution in [1.82, 2.24) is 14.9 Å². The van der Waals surface area contributed by atoms with Gasteiger partial charge in [-0.15, -0.1) is 0 Å². The van der Waals surface area contributed by atoms with Gasteiger partial charge in [-0.2, -0.15) is 0 Å². The minimum atomic E-state index is -0.210. The molecule has 0 saturated carbocycles. The van der Waals surface area contributed by atoms with Gasteiger partial charge in [0.25, 0.3) is 11.5 Å². The fourth-order valence-corrected chi connectivity index (χ4v) is 3.56. The molecule has 1 aromatic heterocycles. The predicted octanol–water partition coefficient (Wildman–Crippen LogP) is 4.33. The van der Waals surface area contributed by atoms with Crippen LogP contribution in [-0.4, -0.2) is 15.5 Å². The van der Waals surface area contributed by atoms with Crippen molar-refractivity contribution in [3.8, 4) is 0 Å². The topological polar surface area (TPSA) is 66.9 Å². The lowest BCUT2D eigenvalue weighted by atomic mass is 10.1. The van der Waals surface area contributed by atoms with Crippen molar-refractivity contribution >= 4 is 45.0 Å². The molecule has 0 saturated heterocycles. The van der Waals surface area contributed by atoms with E-state index in [0.29, 0.717) is 27.8 Å². The Kier molecular flexibility index (Phi) is 5.38. The Morgan fingerprint density at radius 1 is 1.31 bits per heavy atom. The van der Waals surface area contributed by atoms with Crippen LogP contribution in [0.15, 0.2) is 51.7 Å². The summed E-state index contributed by atoms with van der Waals surface area (Å²) in [6, 6.07) is 12.6. The van der Waals surface area contributed by atoms with Crippen LogP contribution in [0.2, 0.25) is 0 Å². The van der Waals surface area contributed by atoms with E-state index in [1.807, 2.05) is 38.1 Å². The Morgan fingerprint density at radius 3 is 2.77 bits per heavy atom. The predicted molar refractivity (Wildman–Crippen MR) is 109 cm³/mol. The zero-order valence-corrected chi connectivity index (χ0v) is 16.8. The molecule has 7 heteroatoms. The van der Waals surface area contributed by atoms with Crippen molar-refractivity contribution in [2.75, 3.05) is 0 Å². The summed E-state index contributed by atoms with van der Waals surface area (Å²) in [5.41, 5.74) is 1.88. The average Bonchev–Trinajstić information content (AvgIpc) is 2.61. The van der Waals surface area contributed by atoms with Crippen molar-refractivity contribution < 1.29 is 4.79 Å². The third-order valence-corrected chi connectivity index (χ3v) is 5.07. The number of nitrogens with zero attached hydrogens (tertiary/aromatic N) is 1. The van der Waals surface area contributed by atoms with Gasteiger partial charge < -0.3 is 10.3 Å². The Hall–Kier alpha value is -2.25. The first-order valence-electron chi connectivity index (χ1n) is 8.24. The number of rotatable bonds is 4. The molecule has 2 N–H and O–H groups in total. The van der Waals surface area contributed by atoms with Crippen LogP contribution >= 0.6 is 28.1 Å². The molecule has 1 amide bonds. The van der Waals surface area contributed by atoms with Crippen molar-refractivity contribution in [1.29, 1.82) is 0 Å². The van der Waals surface area contributed by atoms with E-state index >= 15 is 0 Å². The van der Waals surface area contributed by atoms with Crippen LogP contribution in [0.5, 0.6) is 0 Å². The van der Waals surface area contributed by atoms with Gasteiger partial charge in [0.2, 0.25) is 0 Å². The number of benzene rings is 2. The number of aromatic nitrogens is 2. The molecule has 0 aliphatic heterocycles. The number of hydrogen-bond donors (Lipinski definition) is 2. The maximum atomic E-state index is 12.6. The third-order valence-electron chi connectivity index (χ3n) is 4.26. The molecule has 26 heavy (non-hydrogen) atoms. The average molecular weight is 432 g/mol. The fraction of sp³-hybridized carbons (Fsp3) is 0.211. The van der Waals surface area contributed by atoms with Gasteiger partial charge in [-0.05, 0) is 62.0 Å². The van der Waals surface area contributed by atoms with Crippen LogP contribution in [0.25, 0.3) is 10.9 Å². The van der Waals surface area contributed by atoms with Crippen LogP contribution in [0.3, 0.4) is 0 Å². The van der Waals surface area contributed by atoms with Gasteiger partial charge in [0.15, 0.2) is 4.77 Å². The van der Waals surface area contributed by atoms with E-state index in [2.05, 4.69) is 26.2 Å². The Balaban J connectivity index is 1.91. The molecule has 0 aliphatic rings. The Morgan fingerprint density at radius 2 is 2.08 bits per heavy atom. The van der Waals surface area contributed by atoms with Gasteiger partial charge in [0.05, 0.1) is 16.9 Å². The highest BCUT2D eigenvalue weighted by atomic mass is 79.9. The number of fused-ring (bicyclic) bond motifs is 1. The monoisotopic (exact) mass is 431 g/mol. The second-order valence-electron chi connectivity index (χ2n) is 5.99. The van der Waals surface area contributed by atoms with E-state index in [9.17, 15) is 9.59 Å². The Bertz CT molecular complexity index is 1100. The molecule has 2 aromatic carbocycles. The second-order valence-corrected chi connectivity index (χ2v) is 7.29. The first-order chi connectivity index (χ1) is 12.4. The molecule has 134 valence electrons. The lowest BCUT2D eigenvalue weighted by molar-refractivity contribution is 0.0940. The molecule has 3 rings (SSSR count). The minimum Gasteiger partial charge on any atom is -0.346 e. The van der Waals surface area contributed by atoms with E-state index in [1.165, 1.54) is 4.57 Å². The summed E-state index contributed by atoms with van der Waals surface area (Å²) in [6.07, 6.45) is 0. The lowest BCUT2D eigenvalue weighted by Crippen LogP contribution is -2.27. The molecule has 0 fully saturated rings. The molecular weight excluding hydrogens is 414 g/mol. The third kappa shape index (κ3) is 3.64. The van der Waals surface area contributed by atoms with Crippen LogP contribution in [-0.2, 0) is 6.54 Å². The maximum absolute atomic E-state index is 12.6. The largest absolute Gasteiger partial charge is 0.346 e. The molecule has 5 nitrogen and oxygen atoms in total. The number of amides is 1. The van der Waals surface area contributed by atoms with Crippen molar-refractivity contribution in [2.45, 2.75) is 26.4 Å². The van der Waals surface area contributed by atoms with E-state index in [4.69, 9.17) is 12.2 Å². The van der Waals surface area contributed by atoms with Gasteiger partial charge in [-0.25, -0.2) is 0 Å². The number of nitrogens with one attached hydrogen (secondary N) is 2. The number of carbonyl (C=O) groups is 1. The number of carbonyl (C=O) groups excluding carboxylic acids is 1. The lowest BCUT2D eigenvalue weighted by Gasteiger charge is -2.15. The Labute approximate surface area is 164 Å². The number of aromatic amines is 1. The highest BCUT2D eigenvalue weighted by Crippen LogP contribution is 2.19. The normalized spacial score (nSPS) is 12.1. The van der Waals surface area contributed by atoms with Crippen LogP contribution in [0.4, 0.5) is 0 Å². The van der Waals surface area contributed by atoms with E-state index < -0.39 is 0 Å². The van der Waals surface area contributed by atoms with Gasteiger partial charge in [-0.1, -0.05) is 28.1 Å². The molecule has 0 bridgehead atoms. The van der Waals surface area contributed by atoms with Gasteiger partial charge in [-0.3, -0.25) is 14.2 Å². The summed E-state index contributed by atoms with van der Waals surface area (Å²) >= 11 is 8.66. The summed E-state index contributed by atoms with van der Waals surface area (Å²) < 4.78 is 2.80. The van der Waals surface area contributed by atoms with Crippen LogP contribution in [0.1, 0.15) is 35.8 Å². The van der Waals surface area contributed by atoms with E-state index in [-0.39, 0.29) is 17.5 Å². The summed E-state index contributed by atoms with van der Waals surface area (Å²) in [7, 11) is 0. The molecule has 0 spiro atoms. The highest BCUT2D eigenvalue weighted by Gasteiger charge is 2.13. The van der Waals surface area contributed by atoms with Crippen molar-refractivity contribution in [3.05, 3.63) is 73.2 Å². The fourth-order valence-electron chi connectivity index (χ4n) is 2.82. The molecule has 0 unspecified atom stereocenters. The number of halogens is 1. The second kappa shape index (κ2) is 7.55. The van der Waals surface area contributed by atoms with Crippen LogP contribution < -0.4 is 10.9 Å². The summed E-state index contributed by atoms with van der Waals surface area (Å²) in [5, 5.41) is 3.48. The van der Waals surface area contributed by atoms with Gasteiger partial charge in [0.1, 0.15) is 0 Å². The number of hydrogen-bond acceptors (Lipinski definition) is 3. The summed E-state index contributed by atoms with van der Waals surface area (Å²) in [5.74, 6) is -0.210. The van der Waals surface area contributed by atoms with E-state index in [1.54, 1.807) is 18.2 Å².